The van der Waals surface area contributed by atoms with Crippen molar-refractivity contribution < 1.29 is 4.79 Å². The van der Waals surface area contributed by atoms with Crippen LogP contribution in [0.4, 0.5) is 5.95 Å². The molecule has 1 aliphatic carbocycles. The fourth-order valence-electron chi connectivity index (χ4n) is 3.34. The van der Waals surface area contributed by atoms with Gasteiger partial charge in [-0.15, -0.1) is 0 Å². The minimum atomic E-state index is 0.0402. The van der Waals surface area contributed by atoms with Crippen LogP contribution in [0.25, 0.3) is 0 Å². The van der Waals surface area contributed by atoms with Gasteiger partial charge in [-0.2, -0.15) is 0 Å². The second kappa shape index (κ2) is 6.41. The summed E-state index contributed by atoms with van der Waals surface area (Å²) >= 11 is 0. The molecule has 0 spiro atoms. The van der Waals surface area contributed by atoms with Crippen LogP contribution >= 0.6 is 0 Å². The Morgan fingerprint density at radius 3 is 2.86 bits per heavy atom. The molecule has 2 fully saturated rings. The number of anilines is 1. The summed E-state index contributed by atoms with van der Waals surface area (Å²) in [5.74, 6) is 1.22. The zero-order chi connectivity index (χ0) is 14.7. The number of carbonyl (C=O) groups is 1. The molecule has 1 saturated carbocycles. The molecule has 114 valence electrons. The molecule has 5 nitrogen and oxygen atoms in total. The number of hydrogen-bond donors (Lipinski definition) is 1. The van der Waals surface area contributed by atoms with Crippen LogP contribution in [0.2, 0.25) is 0 Å². The Hall–Kier alpha value is -1.65. The van der Waals surface area contributed by atoms with Crippen molar-refractivity contribution in [2.45, 2.75) is 51.5 Å². The lowest BCUT2D eigenvalue weighted by Gasteiger charge is -2.30. The minimum absolute atomic E-state index is 0.0402. The molecule has 0 radical (unpaired) electrons. The molecule has 0 bridgehead atoms. The zero-order valence-corrected chi connectivity index (χ0v) is 12.7. The van der Waals surface area contributed by atoms with E-state index in [1.54, 1.807) is 12.3 Å². The Kier molecular flexibility index (Phi) is 4.36. The predicted molar refractivity (Wildman–Crippen MR) is 82.2 cm³/mol. The average Bonchev–Trinajstić information content (AvgIpc) is 3.00. The Morgan fingerprint density at radius 2 is 2.10 bits per heavy atom. The van der Waals surface area contributed by atoms with E-state index < -0.39 is 0 Å². The van der Waals surface area contributed by atoms with Gasteiger partial charge < -0.3 is 10.2 Å². The van der Waals surface area contributed by atoms with Crippen LogP contribution in [0.5, 0.6) is 0 Å². The molecule has 2 aliphatic rings. The van der Waals surface area contributed by atoms with Crippen molar-refractivity contribution in [2.75, 3.05) is 18.4 Å². The molecule has 1 N–H and O–H groups in total. The molecule has 1 aliphatic heterocycles. The summed E-state index contributed by atoms with van der Waals surface area (Å²) in [7, 11) is 0. The van der Waals surface area contributed by atoms with E-state index in [0.717, 1.165) is 19.5 Å². The van der Waals surface area contributed by atoms with E-state index in [1.165, 1.54) is 32.1 Å². The Balaban J connectivity index is 1.68. The molecule has 3 rings (SSSR count). The first kappa shape index (κ1) is 14.3. The standard InChI is InChI=1S/C16H24N4O/c1-12-5-4-10-20(11-12)15(21)14-8-9-17-16(19-14)18-13-6-2-3-7-13/h8-9,12-13H,2-7,10-11H2,1H3,(H,17,18,19). The van der Waals surface area contributed by atoms with Crippen molar-refractivity contribution >= 4 is 11.9 Å². The summed E-state index contributed by atoms with van der Waals surface area (Å²) in [4.78, 5) is 23.1. The van der Waals surface area contributed by atoms with Gasteiger partial charge in [-0.05, 0) is 37.7 Å². The third-order valence-electron chi connectivity index (χ3n) is 4.51. The molecule has 2 heterocycles. The van der Waals surface area contributed by atoms with Crippen molar-refractivity contribution in [1.29, 1.82) is 0 Å². The molecular weight excluding hydrogens is 264 g/mol. The highest BCUT2D eigenvalue weighted by Crippen LogP contribution is 2.21. The number of rotatable bonds is 3. The summed E-state index contributed by atoms with van der Waals surface area (Å²) in [5, 5.41) is 3.35. The fourth-order valence-corrected chi connectivity index (χ4v) is 3.34. The summed E-state index contributed by atoms with van der Waals surface area (Å²) in [6, 6.07) is 2.19. The molecule has 21 heavy (non-hydrogen) atoms. The zero-order valence-electron chi connectivity index (χ0n) is 12.7. The third kappa shape index (κ3) is 3.52. The van der Waals surface area contributed by atoms with Gasteiger partial charge in [0.15, 0.2) is 0 Å². The number of piperidine rings is 1. The van der Waals surface area contributed by atoms with E-state index in [2.05, 4.69) is 22.2 Å². The molecule has 1 amide bonds. The number of likely N-dealkylation sites (tertiary alicyclic amines) is 1. The van der Waals surface area contributed by atoms with Crippen LogP contribution in [-0.4, -0.2) is 39.9 Å². The van der Waals surface area contributed by atoms with Crippen LogP contribution in [0, 0.1) is 5.92 Å². The molecule has 0 aromatic carbocycles. The smallest absolute Gasteiger partial charge is 0.272 e. The molecule has 1 unspecified atom stereocenters. The van der Waals surface area contributed by atoms with Crippen LogP contribution in [0.3, 0.4) is 0 Å². The normalized spacial score (nSPS) is 23.3. The lowest BCUT2D eigenvalue weighted by atomic mass is 10.00. The number of hydrogen-bond acceptors (Lipinski definition) is 4. The van der Waals surface area contributed by atoms with Gasteiger partial charge in [0.1, 0.15) is 5.69 Å². The third-order valence-corrected chi connectivity index (χ3v) is 4.51. The van der Waals surface area contributed by atoms with Crippen molar-refractivity contribution in [3.8, 4) is 0 Å². The Labute approximate surface area is 126 Å². The fraction of sp³-hybridized carbons (Fsp3) is 0.688. The molecular formula is C16H24N4O. The molecule has 5 heteroatoms. The number of nitrogens with zero attached hydrogens (tertiary/aromatic N) is 3. The second-order valence-electron chi connectivity index (χ2n) is 6.39. The van der Waals surface area contributed by atoms with E-state index in [4.69, 9.17) is 0 Å². The summed E-state index contributed by atoms with van der Waals surface area (Å²) < 4.78 is 0. The van der Waals surface area contributed by atoms with Gasteiger partial charge in [0.2, 0.25) is 5.95 Å². The van der Waals surface area contributed by atoms with Gasteiger partial charge in [-0.3, -0.25) is 4.79 Å². The predicted octanol–water partition coefficient (Wildman–Crippen LogP) is 2.70. The topological polar surface area (TPSA) is 58.1 Å². The first-order valence-corrected chi connectivity index (χ1v) is 8.11. The maximum Gasteiger partial charge on any atom is 0.272 e. The van der Waals surface area contributed by atoms with Crippen LogP contribution in [0.1, 0.15) is 55.9 Å². The van der Waals surface area contributed by atoms with Gasteiger partial charge in [-0.1, -0.05) is 19.8 Å². The van der Waals surface area contributed by atoms with Gasteiger partial charge in [0.05, 0.1) is 0 Å². The van der Waals surface area contributed by atoms with E-state index in [9.17, 15) is 4.79 Å². The minimum Gasteiger partial charge on any atom is -0.351 e. The SMILES string of the molecule is CC1CCCN(C(=O)c2ccnc(NC3CCCC3)n2)C1. The maximum absolute atomic E-state index is 12.5. The number of amides is 1. The van der Waals surface area contributed by atoms with E-state index in [-0.39, 0.29) is 5.91 Å². The van der Waals surface area contributed by atoms with Gasteiger partial charge >= 0.3 is 0 Å². The van der Waals surface area contributed by atoms with Crippen LogP contribution < -0.4 is 5.32 Å². The van der Waals surface area contributed by atoms with E-state index in [1.807, 2.05) is 4.90 Å². The lowest BCUT2D eigenvalue weighted by molar-refractivity contribution is 0.0677. The summed E-state index contributed by atoms with van der Waals surface area (Å²) in [6.45, 7) is 3.89. The largest absolute Gasteiger partial charge is 0.351 e. The number of nitrogens with one attached hydrogen (secondary N) is 1. The maximum atomic E-state index is 12.5. The van der Waals surface area contributed by atoms with Gasteiger partial charge in [0.25, 0.3) is 5.91 Å². The van der Waals surface area contributed by atoms with Crippen molar-refractivity contribution in [3.05, 3.63) is 18.0 Å². The highest BCUT2D eigenvalue weighted by atomic mass is 16.2. The Bertz CT molecular complexity index is 499. The number of carbonyl (C=O) groups excluding carboxylic acids is 1. The second-order valence-corrected chi connectivity index (χ2v) is 6.39. The average molecular weight is 288 g/mol. The number of aromatic nitrogens is 2. The highest BCUT2D eigenvalue weighted by Gasteiger charge is 2.23. The summed E-state index contributed by atoms with van der Waals surface area (Å²) in [6.07, 6.45) is 8.86. The van der Waals surface area contributed by atoms with Crippen molar-refractivity contribution in [2.24, 2.45) is 5.92 Å². The lowest BCUT2D eigenvalue weighted by Crippen LogP contribution is -2.39. The van der Waals surface area contributed by atoms with E-state index in [0.29, 0.717) is 23.6 Å². The van der Waals surface area contributed by atoms with Crippen LogP contribution in [0.15, 0.2) is 12.3 Å². The highest BCUT2D eigenvalue weighted by molar-refractivity contribution is 5.92. The first-order valence-electron chi connectivity index (χ1n) is 8.11. The first-order chi connectivity index (χ1) is 10.2. The molecule has 1 aromatic rings. The van der Waals surface area contributed by atoms with Crippen molar-refractivity contribution in [3.63, 3.8) is 0 Å². The molecule has 1 saturated heterocycles. The molecule has 1 atom stereocenters. The Morgan fingerprint density at radius 1 is 1.29 bits per heavy atom. The van der Waals surface area contributed by atoms with Crippen LogP contribution in [-0.2, 0) is 0 Å². The van der Waals surface area contributed by atoms with Gasteiger partial charge in [0, 0.05) is 25.3 Å². The van der Waals surface area contributed by atoms with Gasteiger partial charge in [-0.25, -0.2) is 9.97 Å². The van der Waals surface area contributed by atoms with Crippen molar-refractivity contribution in [1.82, 2.24) is 14.9 Å². The van der Waals surface area contributed by atoms with E-state index >= 15 is 0 Å². The monoisotopic (exact) mass is 288 g/mol. The molecule has 1 aromatic heterocycles. The quantitative estimate of drug-likeness (QED) is 0.929. The summed E-state index contributed by atoms with van der Waals surface area (Å²) in [5.41, 5.74) is 0.514.